The summed E-state index contributed by atoms with van der Waals surface area (Å²) in [5, 5.41) is 10.1. The highest BCUT2D eigenvalue weighted by molar-refractivity contribution is 9.11. The fourth-order valence-corrected chi connectivity index (χ4v) is 3.48. The molecule has 2 aromatic rings. The Bertz CT molecular complexity index is 595. The van der Waals surface area contributed by atoms with Crippen LogP contribution in [0.25, 0.3) is 0 Å². The number of aliphatic hydroxyl groups excluding tert-OH is 1. The van der Waals surface area contributed by atoms with Gasteiger partial charge in [-0.15, -0.1) is 11.3 Å². The summed E-state index contributed by atoms with van der Waals surface area (Å²) in [5.41, 5.74) is -0.579. The van der Waals surface area contributed by atoms with Crippen LogP contribution in [0.1, 0.15) is 22.1 Å². The van der Waals surface area contributed by atoms with E-state index in [4.69, 9.17) is 0 Å². The molecule has 1 unspecified atom stereocenters. The molecule has 2 rings (SSSR count). The van der Waals surface area contributed by atoms with Gasteiger partial charge >= 0.3 is 6.18 Å². The third-order valence-corrected chi connectivity index (χ3v) is 4.84. The molecule has 0 spiro atoms. The van der Waals surface area contributed by atoms with Gasteiger partial charge in [0.15, 0.2) is 0 Å². The molecule has 19 heavy (non-hydrogen) atoms. The average Bonchev–Trinajstić information content (AvgIpc) is 2.74. The Balaban J connectivity index is 2.41. The van der Waals surface area contributed by atoms with Gasteiger partial charge < -0.3 is 5.11 Å². The van der Waals surface area contributed by atoms with Crippen LogP contribution in [0.4, 0.5) is 13.2 Å². The van der Waals surface area contributed by atoms with E-state index in [2.05, 4.69) is 31.9 Å². The van der Waals surface area contributed by atoms with Crippen LogP contribution in [0.2, 0.25) is 0 Å². The smallest absolute Gasteiger partial charge is 0.383 e. The minimum atomic E-state index is -4.45. The molecular weight excluding hydrogens is 409 g/mol. The average molecular weight is 416 g/mol. The first kappa shape index (κ1) is 15.0. The zero-order chi connectivity index (χ0) is 14.2. The lowest BCUT2D eigenvalue weighted by molar-refractivity contribution is -0.138. The van der Waals surface area contributed by atoms with Crippen LogP contribution in [0.5, 0.6) is 0 Å². The number of halogens is 5. The molecule has 0 radical (unpaired) electrons. The van der Waals surface area contributed by atoms with Crippen LogP contribution < -0.4 is 0 Å². The Morgan fingerprint density at radius 3 is 2.32 bits per heavy atom. The van der Waals surface area contributed by atoms with Crippen molar-refractivity contribution in [3.8, 4) is 0 Å². The molecule has 0 bridgehead atoms. The molecule has 0 amide bonds. The number of hydrogen-bond acceptors (Lipinski definition) is 2. The highest BCUT2D eigenvalue weighted by Crippen LogP contribution is 2.38. The number of thiophene rings is 1. The van der Waals surface area contributed by atoms with Crippen molar-refractivity contribution in [1.82, 2.24) is 0 Å². The lowest BCUT2D eigenvalue weighted by Gasteiger charge is -2.14. The van der Waals surface area contributed by atoms with Crippen molar-refractivity contribution >= 4 is 43.2 Å². The summed E-state index contributed by atoms with van der Waals surface area (Å²) in [5.74, 6) is 0. The standard InChI is InChI=1S/C12H7Br2F3OS/c13-8-2-1-6(5-7(8)12(15,16)17)11(18)9-3-4-10(14)19-9/h1-5,11,18H. The van der Waals surface area contributed by atoms with Crippen molar-refractivity contribution in [2.24, 2.45) is 0 Å². The van der Waals surface area contributed by atoms with Gasteiger partial charge in [-0.3, -0.25) is 0 Å². The van der Waals surface area contributed by atoms with Gasteiger partial charge in [0.2, 0.25) is 0 Å². The largest absolute Gasteiger partial charge is 0.417 e. The summed E-state index contributed by atoms with van der Waals surface area (Å²) in [6.07, 6.45) is -5.52. The molecule has 1 aromatic heterocycles. The molecule has 102 valence electrons. The van der Waals surface area contributed by atoms with E-state index in [1.54, 1.807) is 12.1 Å². The second-order valence-electron chi connectivity index (χ2n) is 3.78. The van der Waals surface area contributed by atoms with Crippen molar-refractivity contribution in [3.05, 3.63) is 54.6 Å². The normalized spacial score (nSPS) is 13.6. The Morgan fingerprint density at radius 2 is 1.79 bits per heavy atom. The molecule has 0 aliphatic carbocycles. The molecule has 0 saturated carbocycles. The van der Waals surface area contributed by atoms with E-state index in [1.807, 2.05) is 0 Å². The first-order chi connectivity index (χ1) is 8.79. The minimum absolute atomic E-state index is 0.0386. The van der Waals surface area contributed by atoms with Gasteiger partial charge in [-0.2, -0.15) is 13.2 Å². The van der Waals surface area contributed by atoms with Gasteiger partial charge in [0, 0.05) is 9.35 Å². The summed E-state index contributed by atoms with van der Waals surface area (Å²) in [7, 11) is 0. The lowest BCUT2D eigenvalue weighted by atomic mass is 10.0. The Kier molecular flexibility index (Phi) is 4.39. The topological polar surface area (TPSA) is 20.2 Å². The minimum Gasteiger partial charge on any atom is -0.383 e. The van der Waals surface area contributed by atoms with Crippen LogP contribution in [-0.4, -0.2) is 5.11 Å². The lowest BCUT2D eigenvalue weighted by Crippen LogP contribution is -2.08. The van der Waals surface area contributed by atoms with E-state index in [1.165, 1.54) is 23.5 Å². The summed E-state index contributed by atoms with van der Waals surface area (Å²) >= 11 is 7.40. The van der Waals surface area contributed by atoms with Gasteiger partial charge in [-0.25, -0.2) is 0 Å². The van der Waals surface area contributed by atoms with Crippen LogP contribution in [0.15, 0.2) is 38.6 Å². The third kappa shape index (κ3) is 3.39. The van der Waals surface area contributed by atoms with Gasteiger partial charge in [-0.05, 0) is 45.8 Å². The van der Waals surface area contributed by atoms with E-state index in [0.29, 0.717) is 4.88 Å². The molecule has 0 saturated heterocycles. The maximum absolute atomic E-state index is 12.8. The van der Waals surface area contributed by atoms with E-state index in [9.17, 15) is 18.3 Å². The van der Waals surface area contributed by atoms with Crippen molar-refractivity contribution in [2.45, 2.75) is 12.3 Å². The number of hydrogen-bond donors (Lipinski definition) is 1. The van der Waals surface area contributed by atoms with Gasteiger partial charge in [0.25, 0.3) is 0 Å². The van der Waals surface area contributed by atoms with Crippen molar-refractivity contribution in [3.63, 3.8) is 0 Å². The maximum atomic E-state index is 12.8. The summed E-state index contributed by atoms with van der Waals surface area (Å²) in [4.78, 5) is 0.585. The van der Waals surface area contributed by atoms with Crippen LogP contribution >= 0.6 is 43.2 Å². The number of benzene rings is 1. The SMILES string of the molecule is OC(c1ccc(Br)c(C(F)(F)F)c1)c1ccc(Br)s1. The Hall–Kier alpha value is -0.370. The van der Waals surface area contributed by atoms with Crippen LogP contribution in [0, 0.1) is 0 Å². The molecule has 0 aliphatic rings. The molecule has 1 aromatic carbocycles. The summed E-state index contributed by atoms with van der Waals surface area (Å²) in [6.45, 7) is 0. The van der Waals surface area contributed by atoms with Gasteiger partial charge in [0.1, 0.15) is 6.10 Å². The van der Waals surface area contributed by atoms with Crippen LogP contribution in [0.3, 0.4) is 0 Å². The quantitative estimate of drug-likeness (QED) is 0.698. The second-order valence-corrected chi connectivity index (χ2v) is 7.13. The first-order valence-corrected chi connectivity index (χ1v) is 7.49. The summed E-state index contributed by atoms with van der Waals surface area (Å²) in [6, 6.07) is 7.14. The van der Waals surface area contributed by atoms with Crippen molar-refractivity contribution < 1.29 is 18.3 Å². The van der Waals surface area contributed by atoms with E-state index >= 15 is 0 Å². The molecule has 0 fully saturated rings. The number of alkyl halides is 3. The molecular formula is C12H7Br2F3OS. The highest BCUT2D eigenvalue weighted by Gasteiger charge is 2.33. The second kappa shape index (κ2) is 5.55. The van der Waals surface area contributed by atoms with Crippen molar-refractivity contribution in [2.75, 3.05) is 0 Å². The highest BCUT2D eigenvalue weighted by atomic mass is 79.9. The van der Waals surface area contributed by atoms with Gasteiger partial charge in [0.05, 0.1) is 9.35 Å². The van der Waals surface area contributed by atoms with Crippen LogP contribution in [-0.2, 0) is 6.18 Å². The Morgan fingerprint density at radius 1 is 1.11 bits per heavy atom. The zero-order valence-electron chi connectivity index (χ0n) is 9.21. The zero-order valence-corrected chi connectivity index (χ0v) is 13.2. The molecule has 0 aliphatic heterocycles. The van der Waals surface area contributed by atoms with E-state index in [-0.39, 0.29) is 10.0 Å². The van der Waals surface area contributed by atoms with Gasteiger partial charge in [-0.1, -0.05) is 22.0 Å². The fourth-order valence-electron chi connectivity index (χ4n) is 1.57. The molecule has 1 atom stereocenters. The van der Waals surface area contributed by atoms with Crippen molar-refractivity contribution in [1.29, 1.82) is 0 Å². The predicted octanol–water partition coefficient (Wildman–Crippen LogP) is 5.37. The first-order valence-electron chi connectivity index (χ1n) is 5.09. The van der Waals surface area contributed by atoms with E-state index < -0.39 is 17.8 Å². The molecule has 1 nitrogen and oxygen atoms in total. The molecule has 1 N–H and O–H groups in total. The number of rotatable bonds is 2. The number of aliphatic hydroxyl groups is 1. The molecule has 1 heterocycles. The fraction of sp³-hybridized carbons (Fsp3) is 0.167. The monoisotopic (exact) mass is 414 g/mol. The predicted molar refractivity (Wildman–Crippen MR) is 75.2 cm³/mol. The van der Waals surface area contributed by atoms with E-state index in [0.717, 1.165) is 9.85 Å². The summed E-state index contributed by atoms with van der Waals surface area (Å²) < 4.78 is 39.1. The molecule has 7 heteroatoms. The Labute approximate surface area is 128 Å². The maximum Gasteiger partial charge on any atom is 0.417 e. The third-order valence-electron chi connectivity index (χ3n) is 2.48.